The largest absolute Gasteiger partial charge is 0.508 e. The number of carbonyl (C=O) groups excluding carboxylic acids is 1. The van der Waals surface area contributed by atoms with Gasteiger partial charge in [0.15, 0.2) is 0 Å². The van der Waals surface area contributed by atoms with Gasteiger partial charge >= 0.3 is 6.16 Å². The number of rotatable bonds is 0. The molecular weight excluding hydrogens is 144 g/mol. The second-order valence-electron chi connectivity index (χ2n) is 2.67. The summed E-state index contributed by atoms with van der Waals surface area (Å²) in [6.07, 6.45) is -0.637. The average molecular weight is 164 g/mol. The van der Waals surface area contributed by atoms with Crippen molar-refractivity contribution in [1.29, 1.82) is 0 Å². The molecule has 11 heavy (non-hydrogen) atoms. The van der Waals surface area contributed by atoms with Crippen LogP contribution >= 0.6 is 0 Å². The summed E-state index contributed by atoms with van der Waals surface area (Å²) >= 11 is 0. The number of hydrogen-bond acceptors (Lipinski definition) is 3. The molecule has 0 aromatic rings. The maximum Gasteiger partial charge on any atom is 0.508 e. The normalized spacial score (nSPS) is 8.73. The lowest BCUT2D eigenvalue weighted by Gasteiger charge is -2.17. The lowest BCUT2D eigenvalue weighted by molar-refractivity contribution is 0.00341. The van der Waals surface area contributed by atoms with Crippen LogP contribution in [0.15, 0.2) is 0 Å². The fourth-order valence-corrected chi connectivity index (χ4v) is 0.292. The van der Waals surface area contributed by atoms with Crippen molar-refractivity contribution in [3.05, 3.63) is 0 Å². The van der Waals surface area contributed by atoms with Gasteiger partial charge in [0.2, 0.25) is 0 Å². The van der Waals surface area contributed by atoms with Crippen molar-refractivity contribution >= 4 is 6.16 Å². The zero-order chi connectivity index (χ0) is 7.49. The summed E-state index contributed by atoms with van der Waals surface area (Å²) in [5, 5.41) is 0. The molecule has 0 amide bonds. The van der Waals surface area contributed by atoms with E-state index >= 15 is 0 Å². The van der Waals surface area contributed by atoms with E-state index in [9.17, 15) is 4.79 Å². The fourth-order valence-electron chi connectivity index (χ4n) is 0.292. The van der Waals surface area contributed by atoms with Crippen LogP contribution in [0.5, 0.6) is 0 Å². The monoisotopic (exact) mass is 164 g/mol. The molecule has 0 aliphatic carbocycles. The van der Waals surface area contributed by atoms with Crippen LogP contribution in [0.1, 0.15) is 35.6 Å². The minimum absolute atomic E-state index is 0. The molecule has 0 saturated carbocycles. The second-order valence-corrected chi connectivity index (χ2v) is 2.67. The van der Waals surface area contributed by atoms with Gasteiger partial charge in [-0.15, -0.1) is 0 Å². The minimum Gasteiger partial charge on any atom is -0.438 e. The standard InChI is InChI=1S/C6H12O3.2CH4/c1-6(2,3)9-5(7)8-4;;/h1-4H3;2*1H4. The molecule has 70 valence electrons. The van der Waals surface area contributed by atoms with Crippen molar-refractivity contribution < 1.29 is 14.3 Å². The van der Waals surface area contributed by atoms with E-state index in [0.29, 0.717) is 0 Å². The van der Waals surface area contributed by atoms with Crippen molar-refractivity contribution in [2.75, 3.05) is 7.11 Å². The zero-order valence-electron chi connectivity index (χ0n) is 6.22. The maximum atomic E-state index is 10.4. The van der Waals surface area contributed by atoms with Crippen molar-refractivity contribution in [1.82, 2.24) is 0 Å². The molecule has 0 unspecified atom stereocenters. The maximum absolute atomic E-state index is 10.4. The predicted octanol–water partition coefficient (Wildman–Crippen LogP) is 2.84. The number of ether oxygens (including phenoxy) is 2. The van der Waals surface area contributed by atoms with E-state index in [4.69, 9.17) is 4.74 Å². The molecule has 0 heterocycles. The van der Waals surface area contributed by atoms with E-state index < -0.39 is 11.8 Å². The average Bonchev–Trinajstić information content (AvgIpc) is 1.62. The molecule has 0 rings (SSSR count). The number of carbonyl (C=O) groups is 1. The van der Waals surface area contributed by atoms with Gasteiger partial charge in [0.05, 0.1) is 7.11 Å². The minimum atomic E-state index is -0.637. The number of methoxy groups -OCH3 is 1. The molecule has 0 aromatic carbocycles. The number of hydrogen-bond donors (Lipinski definition) is 0. The highest BCUT2D eigenvalue weighted by molar-refractivity contribution is 5.60. The lowest BCUT2D eigenvalue weighted by Crippen LogP contribution is -2.23. The van der Waals surface area contributed by atoms with Gasteiger partial charge in [0, 0.05) is 0 Å². The Morgan fingerprint density at radius 3 is 1.64 bits per heavy atom. The van der Waals surface area contributed by atoms with Gasteiger partial charge < -0.3 is 9.47 Å². The summed E-state index contributed by atoms with van der Waals surface area (Å²) in [6, 6.07) is 0. The van der Waals surface area contributed by atoms with Gasteiger partial charge in [0.25, 0.3) is 0 Å². The highest BCUT2D eigenvalue weighted by atomic mass is 16.7. The summed E-state index contributed by atoms with van der Waals surface area (Å²) in [7, 11) is 1.29. The topological polar surface area (TPSA) is 35.5 Å². The Labute approximate surface area is 69.7 Å². The van der Waals surface area contributed by atoms with Gasteiger partial charge in [-0.05, 0) is 20.8 Å². The highest BCUT2D eigenvalue weighted by Gasteiger charge is 2.15. The van der Waals surface area contributed by atoms with Crippen LogP contribution in [0.2, 0.25) is 0 Å². The Morgan fingerprint density at radius 1 is 1.18 bits per heavy atom. The van der Waals surface area contributed by atoms with Gasteiger partial charge in [-0.3, -0.25) is 0 Å². The van der Waals surface area contributed by atoms with Crippen molar-refractivity contribution in [2.45, 2.75) is 41.2 Å². The van der Waals surface area contributed by atoms with Crippen LogP contribution in [-0.4, -0.2) is 18.9 Å². The summed E-state index contributed by atoms with van der Waals surface area (Å²) in [5.41, 5.74) is -0.451. The van der Waals surface area contributed by atoms with Gasteiger partial charge in [-0.2, -0.15) is 0 Å². The van der Waals surface area contributed by atoms with E-state index in [0.717, 1.165) is 0 Å². The van der Waals surface area contributed by atoms with E-state index in [-0.39, 0.29) is 14.9 Å². The van der Waals surface area contributed by atoms with Crippen LogP contribution in [0.4, 0.5) is 4.79 Å². The molecule has 0 aliphatic rings. The second kappa shape index (κ2) is 6.01. The Bertz CT molecular complexity index is 102. The van der Waals surface area contributed by atoms with E-state index in [2.05, 4.69) is 4.74 Å². The Balaban J connectivity index is -0.000000320. The quantitative estimate of drug-likeness (QED) is 0.516. The molecule has 0 saturated heterocycles. The third kappa shape index (κ3) is 12.5. The van der Waals surface area contributed by atoms with Crippen LogP contribution in [-0.2, 0) is 9.47 Å². The fraction of sp³-hybridized carbons (Fsp3) is 0.875. The Kier molecular flexibility index (Phi) is 9.12. The SMILES string of the molecule is C.C.COC(=O)OC(C)(C)C. The third-order valence-electron chi connectivity index (χ3n) is 0.556. The van der Waals surface area contributed by atoms with Crippen molar-refractivity contribution in [3.8, 4) is 0 Å². The van der Waals surface area contributed by atoms with Gasteiger partial charge in [-0.1, -0.05) is 14.9 Å². The molecule has 0 radical (unpaired) electrons. The van der Waals surface area contributed by atoms with Crippen LogP contribution in [0.3, 0.4) is 0 Å². The predicted molar refractivity (Wildman–Crippen MR) is 46.7 cm³/mol. The first-order chi connectivity index (χ1) is 3.95. The molecule has 0 bridgehead atoms. The van der Waals surface area contributed by atoms with E-state index in [1.807, 2.05) is 0 Å². The molecule has 0 fully saturated rings. The molecule has 3 heteroatoms. The van der Waals surface area contributed by atoms with Crippen LogP contribution in [0, 0.1) is 0 Å². The highest BCUT2D eigenvalue weighted by Crippen LogP contribution is 2.06. The van der Waals surface area contributed by atoms with E-state index in [1.165, 1.54) is 7.11 Å². The molecule has 3 nitrogen and oxygen atoms in total. The molecule has 0 N–H and O–H groups in total. The summed E-state index contributed by atoms with van der Waals surface area (Å²) in [5.74, 6) is 0. The molecule has 0 aromatic heterocycles. The first-order valence-corrected chi connectivity index (χ1v) is 2.72. The molecule has 0 spiro atoms. The summed E-state index contributed by atoms with van der Waals surface area (Å²) in [6.45, 7) is 5.35. The molecule has 0 aliphatic heterocycles. The van der Waals surface area contributed by atoms with Crippen molar-refractivity contribution in [3.63, 3.8) is 0 Å². The van der Waals surface area contributed by atoms with Gasteiger partial charge in [0.1, 0.15) is 5.60 Å². The molecule has 0 atom stereocenters. The Morgan fingerprint density at radius 2 is 1.55 bits per heavy atom. The van der Waals surface area contributed by atoms with Crippen LogP contribution in [0.25, 0.3) is 0 Å². The van der Waals surface area contributed by atoms with Crippen molar-refractivity contribution in [2.24, 2.45) is 0 Å². The summed E-state index contributed by atoms with van der Waals surface area (Å²) < 4.78 is 8.99. The van der Waals surface area contributed by atoms with Crippen LogP contribution < -0.4 is 0 Å². The smallest absolute Gasteiger partial charge is 0.438 e. The first-order valence-electron chi connectivity index (χ1n) is 2.72. The molecular formula is C8H20O3. The Hall–Kier alpha value is -0.730. The first kappa shape index (κ1) is 16.7. The summed E-state index contributed by atoms with van der Waals surface area (Å²) in [4.78, 5) is 10.4. The van der Waals surface area contributed by atoms with Gasteiger partial charge in [-0.25, -0.2) is 4.79 Å². The third-order valence-corrected chi connectivity index (χ3v) is 0.556. The lowest BCUT2D eigenvalue weighted by atomic mass is 10.2. The zero-order valence-corrected chi connectivity index (χ0v) is 6.22. The van der Waals surface area contributed by atoms with E-state index in [1.54, 1.807) is 20.8 Å².